The number of rotatable bonds is 8. The van der Waals surface area contributed by atoms with Gasteiger partial charge < -0.3 is 14.7 Å². The molecule has 1 saturated heterocycles. The largest absolute Gasteiger partial charge is 0.477 e. The molecular weight excluding hydrogens is 481 g/mol. The predicted octanol–water partition coefficient (Wildman–Crippen LogP) is 2.02. The van der Waals surface area contributed by atoms with Crippen LogP contribution >= 0.6 is 0 Å². The van der Waals surface area contributed by atoms with Crippen LogP contribution in [0.4, 0.5) is 22.8 Å². The molecule has 35 heavy (non-hydrogen) atoms. The number of carbonyl (C=O) groups excluding carboxylic acids is 3. The van der Waals surface area contributed by atoms with Gasteiger partial charge in [0.1, 0.15) is 11.6 Å². The average Bonchev–Trinajstić information content (AvgIpc) is 3.03. The minimum absolute atomic E-state index is 0.0484. The van der Waals surface area contributed by atoms with Gasteiger partial charge in [-0.05, 0) is 40.2 Å². The molecule has 0 aromatic carbocycles. The van der Waals surface area contributed by atoms with Crippen LogP contribution in [0.2, 0.25) is 0 Å². The van der Waals surface area contributed by atoms with Crippen molar-refractivity contribution in [2.24, 2.45) is 0 Å². The fourth-order valence-electron chi connectivity index (χ4n) is 3.53. The van der Waals surface area contributed by atoms with Crippen molar-refractivity contribution in [2.45, 2.75) is 71.0 Å². The quantitative estimate of drug-likeness (QED) is 0.473. The molecule has 15 heteroatoms. The molecule has 4 amide bonds. The third kappa shape index (κ3) is 7.21. The number of carbonyl (C=O) groups is 4. The maximum absolute atomic E-state index is 14.0. The van der Waals surface area contributed by atoms with Crippen molar-refractivity contribution in [3.05, 3.63) is 11.8 Å². The Kier molecular flexibility index (Phi) is 8.60. The summed E-state index contributed by atoms with van der Waals surface area (Å²) < 4.78 is 46.5. The topological polar surface area (TPSA) is 138 Å². The van der Waals surface area contributed by atoms with E-state index < -0.39 is 73.5 Å². The molecule has 2 aliphatic rings. The lowest BCUT2D eigenvalue weighted by Gasteiger charge is -2.37. The van der Waals surface area contributed by atoms with Crippen molar-refractivity contribution in [1.82, 2.24) is 20.3 Å². The molecule has 12 nitrogen and oxygen atoms in total. The highest BCUT2D eigenvalue weighted by atomic mass is 19.3. The van der Waals surface area contributed by atoms with E-state index in [1.165, 1.54) is 13.8 Å². The maximum Gasteiger partial charge on any atom is 0.410 e. The van der Waals surface area contributed by atoms with Crippen LogP contribution in [0.1, 0.15) is 41.0 Å². The summed E-state index contributed by atoms with van der Waals surface area (Å²) in [5.74, 6) is -5.97. The first-order valence-electron chi connectivity index (χ1n) is 10.7. The monoisotopic (exact) mass is 510 g/mol. The Morgan fingerprint density at radius 1 is 1.31 bits per heavy atom. The van der Waals surface area contributed by atoms with E-state index in [1.807, 2.05) is 0 Å². The van der Waals surface area contributed by atoms with Crippen molar-refractivity contribution in [3.8, 4) is 0 Å². The number of halogens is 3. The molecule has 3 atom stereocenters. The van der Waals surface area contributed by atoms with Crippen LogP contribution in [0.15, 0.2) is 11.8 Å². The Hall–Kier alpha value is -3.07. The van der Waals surface area contributed by atoms with Gasteiger partial charge in [-0.15, -0.1) is 0 Å². The van der Waals surface area contributed by atoms with Gasteiger partial charge in [0.05, 0.1) is 19.2 Å². The first kappa shape index (κ1) is 28.2. The summed E-state index contributed by atoms with van der Waals surface area (Å²) in [6.07, 6.45) is -3.51. The Balaban J connectivity index is 2.04. The average molecular weight is 510 g/mol. The number of alkyl halides is 3. The highest BCUT2D eigenvalue weighted by molar-refractivity contribution is 5.90. The van der Waals surface area contributed by atoms with E-state index in [1.54, 1.807) is 20.8 Å². The number of nitrogens with zero attached hydrogens (tertiary/aromatic N) is 3. The number of nitrogens with one attached hydrogen (secondary N) is 1. The van der Waals surface area contributed by atoms with Gasteiger partial charge in [0.2, 0.25) is 0 Å². The van der Waals surface area contributed by atoms with Gasteiger partial charge in [-0.3, -0.25) is 14.5 Å². The Morgan fingerprint density at radius 3 is 2.49 bits per heavy atom. The number of hydroxylamine groups is 3. The summed E-state index contributed by atoms with van der Waals surface area (Å²) in [4.78, 5) is 59.5. The Bertz CT molecular complexity index is 879. The number of carboxylic acid groups (broad SMARTS) is 1. The molecule has 0 saturated carbocycles. The summed E-state index contributed by atoms with van der Waals surface area (Å²) in [6, 6.07) is -3.33. The lowest BCUT2D eigenvalue weighted by atomic mass is 10.1. The molecule has 2 rings (SSSR count). The molecule has 2 N–H and O–H groups in total. The second-order valence-corrected chi connectivity index (χ2v) is 9.03. The van der Waals surface area contributed by atoms with E-state index >= 15 is 0 Å². The summed E-state index contributed by atoms with van der Waals surface area (Å²) in [7, 11) is 0. The molecule has 0 aromatic heterocycles. The zero-order chi connectivity index (χ0) is 26.7. The number of amides is 4. The second kappa shape index (κ2) is 10.7. The van der Waals surface area contributed by atoms with Crippen LogP contribution in [0.3, 0.4) is 0 Å². The van der Waals surface area contributed by atoms with Gasteiger partial charge in [-0.1, -0.05) is 0 Å². The number of ether oxygens (including phenoxy) is 1. The molecule has 0 spiro atoms. The number of hydrogen-bond donors (Lipinski definition) is 2. The number of hydrogen-bond acceptors (Lipinski definition) is 7. The zero-order valence-electron chi connectivity index (χ0n) is 19.9. The summed E-state index contributed by atoms with van der Waals surface area (Å²) in [5, 5.41) is 8.99. The van der Waals surface area contributed by atoms with Crippen molar-refractivity contribution < 1.29 is 51.9 Å². The lowest BCUT2D eigenvalue weighted by Crippen LogP contribution is -2.57. The number of carboxylic acids is 1. The molecule has 0 unspecified atom stereocenters. The minimum atomic E-state index is -3.17. The fourth-order valence-corrected chi connectivity index (χ4v) is 3.53. The Labute approximate surface area is 199 Å². The molecular formula is C20H29F3N4O8. The number of urea groups is 1. The number of likely N-dealkylation sites (tertiary alicyclic amines) is 1. The first-order chi connectivity index (χ1) is 16.1. The van der Waals surface area contributed by atoms with E-state index in [0.717, 1.165) is 16.0 Å². The molecule has 0 radical (unpaired) electrons. The van der Waals surface area contributed by atoms with Gasteiger partial charge in [0, 0.05) is 19.2 Å². The first-order valence-corrected chi connectivity index (χ1v) is 10.7. The standard InChI is InChI=1S/C20H29F3N4O8/c1-6-25-13(11(2)8-27(17(25)31)35-14(21)16(29)30)15(28)24-33-9-12-7-20(22,23)10-26(12)18(32)34-19(3,4)5/h8,12-14H,6-7,9-10H2,1-5H3,(H,24,28)(H,29,30)/t12-,13-,14+/m0/s1. The van der Waals surface area contributed by atoms with Crippen LogP contribution in [0.25, 0.3) is 0 Å². The van der Waals surface area contributed by atoms with Gasteiger partial charge in [0.25, 0.3) is 11.8 Å². The molecule has 0 bridgehead atoms. The molecule has 0 aromatic rings. The van der Waals surface area contributed by atoms with Gasteiger partial charge in [0.15, 0.2) is 0 Å². The number of likely N-dealkylation sites (N-methyl/N-ethyl adjacent to an activating group) is 1. The third-order valence-electron chi connectivity index (χ3n) is 4.94. The Morgan fingerprint density at radius 2 is 1.94 bits per heavy atom. The number of aliphatic carboxylic acids is 1. The minimum Gasteiger partial charge on any atom is -0.477 e. The van der Waals surface area contributed by atoms with Crippen molar-refractivity contribution in [3.63, 3.8) is 0 Å². The van der Waals surface area contributed by atoms with Crippen molar-refractivity contribution in [1.29, 1.82) is 0 Å². The highest BCUT2D eigenvalue weighted by Gasteiger charge is 2.48. The van der Waals surface area contributed by atoms with Crippen LogP contribution in [-0.4, -0.2) is 93.6 Å². The van der Waals surface area contributed by atoms with E-state index in [0.29, 0.717) is 5.06 Å². The zero-order valence-corrected chi connectivity index (χ0v) is 19.9. The van der Waals surface area contributed by atoms with Gasteiger partial charge in [-0.2, -0.15) is 5.06 Å². The molecule has 1 fully saturated rings. The maximum atomic E-state index is 14.0. The fraction of sp³-hybridized carbons (Fsp3) is 0.700. The van der Waals surface area contributed by atoms with Crippen LogP contribution in [0.5, 0.6) is 0 Å². The van der Waals surface area contributed by atoms with E-state index in [4.69, 9.17) is 14.7 Å². The van der Waals surface area contributed by atoms with Crippen molar-refractivity contribution >= 4 is 24.0 Å². The molecule has 198 valence electrons. The van der Waals surface area contributed by atoms with Crippen LogP contribution in [0, 0.1) is 0 Å². The van der Waals surface area contributed by atoms with Crippen molar-refractivity contribution in [2.75, 3.05) is 19.7 Å². The molecule has 2 aliphatic heterocycles. The molecule has 2 heterocycles. The summed E-state index contributed by atoms with van der Waals surface area (Å²) in [5.41, 5.74) is 1.35. The van der Waals surface area contributed by atoms with E-state index in [9.17, 15) is 32.3 Å². The van der Waals surface area contributed by atoms with Crippen LogP contribution < -0.4 is 5.48 Å². The second-order valence-electron chi connectivity index (χ2n) is 9.03. The van der Waals surface area contributed by atoms with E-state index in [2.05, 4.69) is 10.3 Å². The third-order valence-corrected chi connectivity index (χ3v) is 4.94. The van der Waals surface area contributed by atoms with E-state index in [-0.39, 0.29) is 12.1 Å². The smallest absolute Gasteiger partial charge is 0.410 e. The highest BCUT2D eigenvalue weighted by Crippen LogP contribution is 2.33. The SMILES string of the molecule is CCN1C(=O)N(O[C@@H](F)C(=O)O)C=C(C)[C@H]1C(=O)NOC[C@@H]1CC(F)(F)CN1C(=O)OC(C)(C)C. The van der Waals surface area contributed by atoms with Crippen LogP contribution in [-0.2, 0) is 24.0 Å². The normalized spacial score (nSPS) is 23.1. The molecule has 0 aliphatic carbocycles. The lowest BCUT2D eigenvalue weighted by molar-refractivity contribution is -0.207. The summed E-state index contributed by atoms with van der Waals surface area (Å²) in [6.45, 7) is 6.30. The van der Waals surface area contributed by atoms with Gasteiger partial charge in [-0.25, -0.2) is 37.9 Å². The summed E-state index contributed by atoms with van der Waals surface area (Å²) >= 11 is 0. The predicted molar refractivity (Wildman–Crippen MR) is 111 cm³/mol. The van der Waals surface area contributed by atoms with Gasteiger partial charge >= 0.3 is 24.5 Å².